The van der Waals surface area contributed by atoms with Crippen molar-refractivity contribution in [3.63, 3.8) is 0 Å². The topological polar surface area (TPSA) is 115 Å². The Kier molecular flexibility index (Phi) is 2.82. The van der Waals surface area contributed by atoms with E-state index in [2.05, 4.69) is 25.6 Å². The number of hydrogen-bond donors (Lipinski definition) is 4. The first-order chi connectivity index (χ1) is 7.24. The van der Waals surface area contributed by atoms with Crippen LogP contribution in [0.5, 0.6) is 0 Å². The van der Waals surface area contributed by atoms with Gasteiger partial charge in [0.1, 0.15) is 0 Å². The minimum Gasteiger partial charge on any atom is -0.368 e. The van der Waals surface area contributed by atoms with Crippen LogP contribution in [-0.4, -0.2) is 34.1 Å². The molecule has 1 fully saturated rings. The molecule has 0 aliphatic carbocycles. The molecule has 15 heavy (non-hydrogen) atoms. The van der Waals surface area contributed by atoms with Gasteiger partial charge >= 0.3 is 0 Å². The Bertz CT molecular complexity index is 314. The molecule has 0 amide bonds. The van der Waals surface area contributed by atoms with Gasteiger partial charge < -0.3 is 22.1 Å². The van der Waals surface area contributed by atoms with Crippen LogP contribution >= 0.6 is 0 Å². The number of anilines is 3. The summed E-state index contributed by atoms with van der Waals surface area (Å²) in [7, 11) is 0. The molecule has 0 saturated carbocycles. The van der Waals surface area contributed by atoms with Crippen molar-refractivity contribution in [3.8, 4) is 0 Å². The van der Waals surface area contributed by atoms with Gasteiger partial charge in [0.05, 0.1) is 0 Å². The first-order valence-electron chi connectivity index (χ1n) is 4.98. The lowest BCUT2D eigenvalue weighted by atomic mass is 10.1. The third-order valence-corrected chi connectivity index (χ3v) is 2.34. The molecule has 1 saturated heterocycles. The van der Waals surface area contributed by atoms with Gasteiger partial charge in [-0.05, 0) is 25.9 Å². The van der Waals surface area contributed by atoms with Gasteiger partial charge in [0.15, 0.2) is 0 Å². The predicted octanol–water partition coefficient (Wildman–Crippen LogP) is -0.800. The van der Waals surface area contributed by atoms with E-state index in [0.29, 0.717) is 12.0 Å². The molecule has 6 N–H and O–H groups in total. The molecule has 0 atom stereocenters. The predicted molar refractivity (Wildman–Crippen MR) is 58.2 cm³/mol. The Morgan fingerprint density at radius 1 is 1.07 bits per heavy atom. The molecule has 1 aliphatic rings. The van der Waals surface area contributed by atoms with Crippen LogP contribution in [0.15, 0.2) is 0 Å². The SMILES string of the molecule is Nc1nc(N)nc(NC2CCNCC2)n1. The van der Waals surface area contributed by atoms with E-state index in [-0.39, 0.29) is 11.9 Å². The standard InChI is InChI=1S/C8H15N7/c9-6-13-7(10)15-8(14-6)12-5-1-3-11-4-2-5/h5,11H,1-4H2,(H5,9,10,12,13,14,15). The fourth-order valence-electron chi connectivity index (χ4n) is 1.62. The lowest BCUT2D eigenvalue weighted by molar-refractivity contribution is 0.477. The summed E-state index contributed by atoms with van der Waals surface area (Å²) in [4.78, 5) is 11.7. The zero-order valence-corrected chi connectivity index (χ0v) is 8.40. The number of hydrogen-bond acceptors (Lipinski definition) is 7. The highest BCUT2D eigenvalue weighted by Crippen LogP contribution is 2.10. The Labute approximate surface area is 87.7 Å². The molecule has 0 radical (unpaired) electrons. The lowest BCUT2D eigenvalue weighted by Crippen LogP contribution is -2.35. The molecule has 0 aromatic carbocycles. The van der Waals surface area contributed by atoms with Crippen molar-refractivity contribution >= 4 is 17.8 Å². The van der Waals surface area contributed by atoms with E-state index in [1.807, 2.05) is 0 Å². The molecule has 1 aromatic heterocycles. The molecular formula is C8H15N7. The Hall–Kier alpha value is -1.63. The second-order valence-corrected chi connectivity index (χ2v) is 3.54. The lowest BCUT2D eigenvalue weighted by Gasteiger charge is -2.23. The van der Waals surface area contributed by atoms with Crippen molar-refractivity contribution in [2.75, 3.05) is 29.9 Å². The summed E-state index contributed by atoms with van der Waals surface area (Å²) in [6, 6.07) is 0.382. The molecule has 2 rings (SSSR count). The van der Waals surface area contributed by atoms with E-state index in [1.165, 1.54) is 0 Å². The highest BCUT2D eigenvalue weighted by atomic mass is 15.2. The van der Waals surface area contributed by atoms with Crippen molar-refractivity contribution in [1.29, 1.82) is 0 Å². The summed E-state index contributed by atoms with van der Waals surface area (Å²) < 4.78 is 0. The van der Waals surface area contributed by atoms with Gasteiger partial charge in [0.2, 0.25) is 17.8 Å². The van der Waals surface area contributed by atoms with E-state index < -0.39 is 0 Å². The van der Waals surface area contributed by atoms with Crippen LogP contribution in [0, 0.1) is 0 Å². The van der Waals surface area contributed by atoms with Crippen LogP contribution < -0.4 is 22.1 Å². The van der Waals surface area contributed by atoms with Crippen molar-refractivity contribution in [2.45, 2.75) is 18.9 Å². The van der Waals surface area contributed by atoms with Crippen LogP contribution in [0.2, 0.25) is 0 Å². The molecule has 0 spiro atoms. The summed E-state index contributed by atoms with van der Waals surface area (Å²) in [5, 5.41) is 6.48. The minimum absolute atomic E-state index is 0.152. The fraction of sp³-hybridized carbons (Fsp3) is 0.625. The first kappa shape index (κ1) is 9.91. The van der Waals surface area contributed by atoms with Crippen LogP contribution in [0.3, 0.4) is 0 Å². The third kappa shape index (κ3) is 2.66. The van der Waals surface area contributed by atoms with E-state index in [0.717, 1.165) is 25.9 Å². The summed E-state index contributed by atoms with van der Waals surface area (Å²) in [6.45, 7) is 2.02. The summed E-state index contributed by atoms with van der Waals surface area (Å²) in [6.07, 6.45) is 2.09. The van der Waals surface area contributed by atoms with Crippen molar-refractivity contribution in [1.82, 2.24) is 20.3 Å². The highest BCUT2D eigenvalue weighted by Gasteiger charge is 2.14. The summed E-state index contributed by atoms with van der Waals surface area (Å²) in [5.74, 6) is 0.768. The number of piperidine rings is 1. The molecule has 1 aromatic rings. The van der Waals surface area contributed by atoms with Gasteiger partial charge in [-0.25, -0.2) is 0 Å². The molecule has 82 valence electrons. The van der Waals surface area contributed by atoms with Crippen LogP contribution in [-0.2, 0) is 0 Å². The van der Waals surface area contributed by atoms with Crippen LogP contribution in [0.25, 0.3) is 0 Å². The van der Waals surface area contributed by atoms with Gasteiger partial charge in [-0.15, -0.1) is 0 Å². The molecule has 0 unspecified atom stereocenters. The van der Waals surface area contributed by atoms with Gasteiger partial charge in [-0.2, -0.15) is 15.0 Å². The fourth-order valence-corrected chi connectivity index (χ4v) is 1.62. The van der Waals surface area contributed by atoms with Crippen LogP contribution in [0.1, 0.15) is 12.8 Å². The number of nitrogen functional groups attached to an aromatic ring is 2. The third-order valence-electron chi connectivity index (χ3n) is 2.34. The average Bonchev–Trinajstić information content (AvgIpc) is 2.17. The summed E-state index contributed by atoms with van der Waals surface area (Å²) in [5.41, 5.74) is 10.9. The Morgan fingerprint density at radius 2 is 1.67 bits per heavy atom. The number of rotatable bonds is 2. The average molecular weight is 209 g/mol. The van der Waals surface area contributed by atoms with E-state index in [9.17, 15) is 0 Å². The zero-order chi connectivity index (χ0) is 10.7. The molecule has 7 nitrogen and oxygen atoms in total. The number of nitrogens with zero attached hydrogens (tertiary/aromatic N) is 3. The van der Waals surface area contributed by atoms with Crippen LogP contribution in [0.4, 0.5) is 17.8 Å². The Morgan fingerprint density at radius 3 is 2.27 bits per heavy atom. The van der Waals surface area contributed by atoms with Gasteiger partial charge in [-0.3, -0.25) is 0 Å². The highest BCUT2D eigenvalue weighted by molar-refractivity contribution is 5.37. The first-order valence-corrected chi connectivity index (χ1v) is 4.98. The molecule has 1 aliphatic heterocycles. The molecule has 2 heterocycles. The maximum absolute atomic E-state index is 5.47. The quantitative estimate of drug-likeness (QED) is 0.504. The number of nitrogens with one attached hydrogen (secondary N) is 2. The molecular weight excluding hydrogens is 194 g/mol. The largest absolute Gasteiger partial charge is 0.368 e. The normalized spacial score (nSPS) is 17.6. The maximum Gasteiger partial charge on any atom is 0.229 e. The Balaban J connectivity index is 2.02. The maximum atomic E-state index is 5.47. The van der Waals surface area contributed by atoms with Crippen molar-refractivity contribution < 1.29 is 0 Å². The van der Waals surface area contributed by atoms with Crippen molar-refractivity contribution in [2.24, 2.45) is 0 Å². The number of nitrogens with two attached hydrogens (primary N) is 2. The van der Waals surface area contributed by atoms with Gasteiger partial charge in [0, 0.05) is 6.04 Å². The second kappa shape index (κ2) is 4.26. The van der Waals surface area contributed by atoms with E-state index in [1.54, 1.807) is 0 Å². The van der Waals surface area contributed by atoms with Crippen molar-refractivity contribution in [3.05, 3.63) is 0 Å². The molecule has 0 bridgehead atoms. The van der Waals surface area contributed by atoms with E-state index in [4.69, 9.17) is 11.5 Å². The summed E-state index contributed by atoms with van der Waals surface area (Å²) >= 11 is 0. The second-order valence-electron chi connectivity index (χ2n) is 3.54. The van der Waals surface area contributed by atoms with E-state index >= 15 is 0 Å². The number of aromatic nitrogens is 3. The molecule has 7 heteroatoms. The monoisotopic (exact) mass is 209 g/mol. The van der Waals surface area contributed by atoms with Gasteiger partial charge in [-0.1, -0.05) is 0 Å². The smallest absolute Gasteiger partial charge is 0.229 e. The zero-order valence-electron chi connectivity index (χ0n) is 8.40. The minimum atomic E-state index is 0.152. The van der Waals surface area contributed by atoms with Gasteiger partial charge in [0.25, 0.3) is 0 Å².